The average Bonchev–Trinajstić information content (AvgIpc) is 2.48. The molecular formula is C15H14ClN3S. The van der Waals surface area contributed by atoms with Gasteiger partial charge in [0.2, 0.25) is 5.96 Å². The standard InChI is InChI=1S/C15H14ClN3S/c16-12-6-7-13-14(10-12)20-19-15(18-13)17-9-8-11-4-2-1-3-5-11/h1-7,10H,8-9H2,(H2,17,18,19). The van der Waals surface area contributed by atoms with Crippen molar-refractivity contribution in [2.75, 3.05) is 11.9 Å². The van der Waals surface area contributed by atoms with E-state index in [9.17, 15) is 0 Å². The summed E-state index contributed by atoms with van der Waals surface area (Å²) in [7, 11) is 0. The first-order valence-corrected chi connectivity index (χ1v) is 7.56. The predicted molar refractivity (Wildman–Crippen MR) is 86.5 cm³/mol. The Kier molecular flexibility index (Phi) is 4.14. The summed E-state index contributed by atoms with van der Waals surface area (Å²) in [5.74, 6) is 0.792. The number of halogens is 1. The largest absolute Gasteiger partial charge is 0.355 e. The maximum atomic E-state index is 5.96. The summed E-state index contributed by atoms with van der Waals surface area (Å²) in [6.07, 6.45) is 0.972. The van der Waals surface area contributed by atoms with E-state index in [0.717, 1.165) is 34.5 Å². The minimum atomic E-state index is 0.730. The van der Waals surface area contributed by atoms with Crippen LogP contribution in [0.4, 0.5) is 5.69 Å². The molecule has 2 aromatic rings. The smallest absolute Gasteiger partial charge is 0.207 e. The molecule has 5 heteroatoms. The normalized spacial score (nSPS) is 13.2. The molecule has 102 valence electrons. The number of anilines is 1. The molecule has 3 nitrogen and oxygen atoms in total. The summed E-state index contributed by atoms with van der Waals surface area (Å²) in [4.78, 5) is 1.05. The molecule has 0 bridgehead atoms. The van der Waals surface area contributed by atoms with Crippen LogP contribution >= 0.6 is 23.5 Å². The zero-order valence-electron chi connectivity index (χ0n) is 10.8. The van der Waals surface area contributed by atoms with Crippen LogP contribution < -0.4 is 10.6 Å². The van der Waals surface area contributed by atoms with Crippen LogP contribution in [0.3, 0.4) is 0 Å². The molecule has 2 aromatic carbocycles. The molecule has 20 heavy (non-hydrogen) atoms. The predicted octanol–water partition coefficient (Wildman–Crippen LogP) is 3.96. The quantitative estimate of drug-likeness (QED) is 0.843. The number of fused-ring (bicyclic) bond motifs is 1. The van der Waals surface area contributed by atoms with Gasteiger partial charge in [-0.25, -0.2) is 0 Å². The van der Waals surface area contributed by atoms with Crippen LogP contribution in [-0.4, -0.2) is 12.5 Å². The van der Waals surface area contributed by atoms with E-state index in [0.29, 0.717) is 0 Å². The van der Waals surface area contributed by atoms with Crippen molar-refractivity contribution in [2.24, 2.45) is 4.40 Å². The minimum Gasteiger partial charge on any atom is -0.355 e. The van der Waals surface area contributed by atoms with Crippen molar-refractivity contribution in [3.8, 4) is 0 Å². The third kappa shape index (κ3) is 3.26. The van der Waals surface area contributed by atoms with Gasteiger partial charge in [0.05, 0.1) is 10.6 Å². The van der Waals surface area contributed by atoms with Gasteiger partial charge in [-0.15, -0.1) is 0 Å². The highest BCUT2D eigenvalue weighted by Crippen LogP contribution is 2.33. The van der Waals surface area contributed by atoms with Gasteiger partial charge in [0.1, 0.15) is 0 Å². The lowest BCUT2D eigenvalue weighted by atomic mass is 10.1. The van der Waals surface area contributed by atoms with Crippen LogP contribution in [0.2, 0.25) is 5.02 Å². The molecule has 0 unspecified atom stereocenters. The SMILES string of the molecule is Clc1ccc2c(c1)SN=C(NCCc1ccccc1)N2. The number of nitrogens with one attached hydrogen (secondary N) is 2. The molecule has 1 aliphatic heterocycles. The lowest BCUT2D eigenvalue weighted by Gasteiger charge is -2.18. The number of guanidine groups is 1. The summed E-state index contributed by atoms with van der Waals surface area (Å²) >= 11 is 7.40. The van der Waals surface area contributed by atoms with Gasteiger partial charge >= 0.3 is 0 Å². The third-order valence-electron chi connectivity index (χ3n) is 2.98. The van der Waals surface area contributed by atoms with E-state index in [4.69, 9.17) is 11.6 Å². The molecule has 0 fully saturated rings. The highest BCUT2D eigenvalue weighted by Gasteiger charge is 2.12. The van der Waals surface area contributed by atoms with Gasteiger partial charge in [0.25, 0.3) is 0 Å². The van der Waals surface area contributed by atoms with Crippen molar-refractivity contribution in [3.63, 3.8) is 0 Å². The molecule has 0 aromatic heterocycles. The van der Waals surface area contributed by atoms with Crippen LogP contribution in [0.15, 0.2) is 57.8 Å². The van der Waals surface area contributed by atoms with Gasteiger partial charge in [-0.1, -0.05) is 41.9 Å². The fourth-order valence-corrected chi connectivity index (χ4v) is 2.90. The van der Waals surface area contributed by atoms with Gasteiger partial charge in [0.15, 0.2) is 0 Å². The Morgan fingerprint density at radius 1 is 1.15 bits per heavy atom. The van der Waals surface area contributed by atoms with E-state index in [1.807, 2.05) is 24.3 Å². The second kappa shape index (κ2) is 6.20. The lowest BCUT2D eigenvalue weighted by molar-refractivity contribution is 0.864. The Morgan fingerprint density at radius 3 is 2.85 bits per heavy atom. The first-order valence-electron chi connectivity index (χ1n) is 6.41. The Labute approximate surface area is 127 Å². The molecule has 1 aliphatic rings. The highest BCUT2D eigenvalue weighted by molar-refractivity contribution is 7.98. The van der Waals surface area contributed by atoms with Gasteiger partial charge < -0.3 is 10.6 Å². The number of hydrogen-bond donors (Lipinski definition) is 2. The summed E-state index contributed by atoms with van der Waals surface area (Å²) in [6, 6.07) is 16.2. The molecule has 0 saturated heterocycles. The Balaban J connectivity index is 1.55. The zero-order chi connectivity index (χ0) is 13.8. The fraction of sp³-hybridized carbons (Fsp3) is 0.133. The van der Waals surface area contributed by atoms with Gasteiger partial charge in [-0.2, -0.15) is 4.40 Å². The van der Waals surface area contributed by atoms with Gasteiger partial charge in [-0.3, -0.25) is 0 Å². The number of rotatable bonds is 3. The Morgan fingerprint density at radius 2 is 2.00 bits per heavy atom. The van der Waals surface area contributed by atoms with Crippen LogP contribution in [0.25, 0.3) is 0 Å². The molecule has 1 heterocycles. The third-order valence-corrected chi connectivity index (χ3v) is 4.02. The minimum absolute atomic E-state index is 0.730. The summed E-state index contributed by atoms with van der Waals surface area (Å²) in [5.41, 5.74) is 2.35. The maximum absolute atomic E-state index is 5.96. The van der Waals surface area contributed by atoms with E-state index in [1.165, 1.54) is 17.5 Å². The summed E-state index contributed by atoms with van der Waals surface area (Å²) in [6.45, 7) is 0.847. The number of hydrogen-bond acceptors (Lipinski definition) is 4. The molecule has 0 saturated carbocycles. The van der Waals surface area contributed by atoms with Crippen LogP contribution in [-0.2, 0) is 6.42 Å². The van der Waals surface area contributed by atoms with Crippen molar-refractivity contribution in [2.45, 2.75) is 11.3 Å². The number of benzene rings is 2. The molecule has 0 aliphatic carbocycles. The number of nitrogens with zero attached hydrogens (tertiary/aromatic N) is 1. The highest BCUT2D eigenvalue weighted by atomic mass is 35.5. The van der Waals surface area contributed by atoms with E-state index in [1.54, 1.807) is 0 Å². The molecule has 0 radical (unpaired) electrons. The fourth-order valence-electron chi connectivity index (χ4n) is 1.97. The van der Waals surface area contributed by atoms with Crippen molar-refractivity contribution in [1.82, 2.24) is 5.32 Å². The van der Waals surface area contributed by atoms with E-state index in [-0.39, 0.29) is 0 Å². The first-order chi connectivity index (χ1) is 9.81. The Hall–Kier alpha value is -1.65. The maximum Gasteiger partial charge on any atom is 0.207 e. The lowest BCUT2D eigenvalue weighted by Crippen LogP contribution is -2.33. The molecule has 0 spiro atoms. The van der Waals surface area contributed by atoms with Crippen LogP contribution in [0, 0.1) is 0 Å². The van der Waals surface area contributed by atoms with Crippen molar-refractivity contribution < 1.29 is 0 Å². The Bertz CT molecular complexity index is 628. The van der Waals surface area contributed by atoms with Crippen LogP contribution in [0.5, 0.6) is 0 Å². The van der Waals surface area contributed by atoms with Crippen molar-refractivity contribution >= 4 is 35.2 Å². The van der Waals surface area contributed by atoms with Crippen LogP contribution in [0.1, 0.15) is 5.56 Å². The molecule has 0 atom stereocenters. The van der Waals surface area contributed by atoms with E-state index in [2.05, 4.69) is 39.3 Å². The molecule has 0 amide bonds. The van der Waals surface area contributed by atoms with Gasteiger partial charge in [-0.05, 0) is 30.2 Å². The second-order valence-corrected chi connectivity index (χ2v) is 5.70. The average molecular weight is 304 g/mol. The van der Waals surface area contributed by atoms with E-state index >= 15 is 0 Å². The first kappa shape index (κ1) is 13.3. The van der Waals surface area contributed by atoms with Crippen molar-refractivity contribution in [1.29, 1.82) is 0 Å². The zero-order valence-corrected chi connectivity index (χ0v) is 12.3. The molecular weight excluding hydrogens is 290 g/mol. The second-order valence-electron chi connectivity index (χ2n) is 4.46. The van der Waals surface area contributed by atoms with E-state index < -0.39 is 0 Å². The van der Waals surface area contributed by atoms with Crippen molar-refractivity contribution in [3.05, 3.63) is 59.1 Å². The van der Waals surface area contributed by atoms with Gasteiger partial charge in [0, 0.05) is 23.5 Å². The summed E-state index contributed by atoms with van der Waals surface area (Å²) < 4.78 is 4.40. The topological polar surface area (TPSA) is 36.4 Å². The summed E-state index contributed by atoms with van der Waals surface area (Å²) in [5, 5.41) is 7.31. The monoisotopic (exact) mass is 303 g/mol. The molecule has 2 N–H and O–H groups in total. The molecule has 3 rings (SSSR count).